The molecule has 0 saturated heterocycles. The molecule has 138 valence electrons. The van der Waals surface area contributed by atoms with Gasteiger partial charge in [-0.15, -0.1) is 5.10 Å². The van der Waals surface area contributed by atoms with Gasteiger partial charge in [0.2, 0.25) is 10.0 Å². The summed E-state index contributed by atoms with van der Waals surface area (Å²) in [5.41, 5.74) is 2.06. The fourth-order valence-corrected chi connectivity index (χ4v) is 3.26. The van der Waals surface area contributed by atoms with Gasteiger partial charge in [0.1, 0.15) is 23.4 Å². The van der Waals surface area contributed by atoms with E-state index in [0.717, 1.165) is 15.6 Å². The molecule has 0 radical (unpaired) electrons. The molecule has 1 aromatic heterocycles. The molecule has 3 rings (SSSR count). The Labute approximate surface area is 151 Å². The molecule has 0 atom stereocenters. The highest BCUT2D eigenvalue weighted by molar-refractivity contribution is 7.89. The van der Waals surface area contributed by atoms with Crippen LogP contribution in [0.3, 0.4) is 0 Å². The number of aromatic nitrogens is 3. The van der Waals surface area contributed by atoms with Gasteiger partial charge in [0.15, 0.2) is 6.61 Å². The Morgan fingerprint density at radius 1 is 1.12 bits per heavy atom. The van der Waals surface area contributed by atoms with Gasteiger partial charge >= 0.3 is 0 Å². The van der Waals surface area contributed by atoms with Crippen LogP contribution in [0.5, 0.6) is 5.75 Å². The molecule has 0 saturated carbocycles. The molecule has 0 N–H and O–H groups in total. The number of para-hydroxylation sites is 1. The highest BCUT2D eigenvalue weighted by atomic mass is 32.2. The van der Waals surface area contributed by atoms with Crippen molar-refractivity contribution in [2.24, 2.45) is 0 Å². The van der Waals surface area contributed by atoms with Crippen LogP contribution in [0, 0.1) is 6.92 Å². The maximum atomic E-state index is 12.3. The number of hydrogen-bond acceptors (Lipinski definition) is 6. The summed E-state index contributed by atoms with van der Waals surface area (Å²) in [6.45, 7) is 2.52. The van der Waals surface area contributed by atoms with Crippen LogP contribution < -0.4 is 9.57 Å². The first-order valence-electron chi connectivity index (χ1n) is 7.99. The highest BCUT2D eigenvalue weighted by Gasteiger charge is 2.19. The highest BCUT2D eigenvalue weighted by Crippen LogP contribution is 2.19. The molecule has 0 aliphatic rings. The van der Waals surface area contributed by atoms with Gasteiger partial charge in [-0.05, 0) is 42.0 Å². The standard InChI is InChI=1S/C17H20N4O4S/c1-13-6-4-5-7-17(13)24-10-11-25-21-16-12-14(26(22,23)20(2)3)8-9-15(16)18-19-21/h4-9,12H,10-11H2,1-3H3. The quantitative estimate of drug-likeness (QED) is 0.581. The normalized spacial score (nSPS) is 11.8. The third-order valence-electron chi connectivity index (χ3n) is 3.81. The largest absolute Gasteiger partial charge is 0.490 e. The van der Waals surface area contributed by atoms with E-state index in [2.05, 4.69) is 10.3 Å². The molecule has 0 unspecified atom stereocenters. The van der Waals surface area contributed by atoms with Crippen LogP contribution in [0.2, 0.25) is 0 Å². The van der Waals surface area contributed by atoms with Crippen LogP contribution in [0.15, 0.2) is 47.4 Å². The number of ether oxygens (including phenoxy) is 1. The maximum absolute atomic E-state index is 12.3. The van der Waals surface area contributed by atoms with E-state index in [9.17, 15) is 8.42 Å². The third-order valence-corrected chi connectivity index (χ3v) is 5.62. The predicted octanol–water partition coefficient (Wildman–Crippen LogP) is 1.50. The van der Waals surface area contributed by atoms with E-state index in [1.807, 2.05) is 31.2 Å². The van der Waals surface area contributed by atoms with E-state index in [0.29, 0.717) is 17.6 Å². The Hall–Kier alpha value is -2.65. The zero-order chi connectivity index (χ0) is 18.7. The predicted molar refractivity (Wildman–Crippen MR) is 96.5 cm³/mol. The average molecular weight is 376 g/mol. The van der Waals surface area contributed by atoms with Crippen molar-refractivity contribution >= 4 is 21.1 Å². The lowest BCUT2D eigenvalue weighted by molar-refractivity contribution is 0.0638. The molecular formula is C17H20N4O4S. The Balaban J connectivity index is 1.71. The SMILES string of the molecule is Cc1ccccc1OCCOn1nnc2ccc(S(=O)(=O)N(C)C)cc21. The van der Waals surface area contributed by atoms with Crippen molar-refractivity contribution in [3.63, 3.8) is 0 Å². The molecule has 0 fully saturated rings. The van der Waals surface area contributed by atoms with E-state index >= 15 is 0 Å². The van der Waals surface area contributed by atoms with Crippen LogP contribution in [0.1, 0.15) is 5.56 Å². The van der Waals surface area contributed by atoms with E-state index in [4.69, 9.17) is 9.57 Å². The van der Waals surface area contributed by atoms with Gasteiger partial charge in [0.05, 0.1) is 4.90 Å². The van der Waals surface area contributed by atoms with Crippen LogP contribution in [0.4, 0.5) is 0 Å². The van der Waals surface area contributed by atoms with Crippen LogP contribution in [-0.2, 0) is 10.0 Å². The second-order valence-electron chi connectivity index (χ2n) is 5.85. The Bertz CT molecular complexity index is 1010. The number of hydrogen-bond donors (Lipinski definition) is 0. The smallest absolute Gasteiger partial charge is 0.242 e. The molecule has 0 aliphatic carbocycles. The van der Waals surface area contributed by atoms with Gasteiger partial charge in [0.25, 0.3) is 0 Å². The van der Waals surface area contributed by atoms with Gasteiger partial charge in [-0.25, -0.2) is 12.7 Å². The summed E-state index contributed by atoms with van der Waals surface area (Å²) in [6.07, 6.45) is 0. The Kier molecular flexibility index (Phi) is 5.10. The number of rotatable bonds is 7. The van der Waals surface area contributed by atoms with Gasteiger partial charge in [-0.1, -0.05) is 23.0 Å². The lowest BCUT2D eigenvalue weighted by atomic mass is 10.2. The molecule has 0 spiro atoms. The Morgan fingerprint density at radius 2 is 1.88 bits per heavy atom. The van der Waals surface area contributed by atoms with Crippen molar-refractivity contribution in [2.75, 3.05) is 27.3 Å². The average Bonchev–Trinajstić information content (AvgIpc) is 3.02. The second-order valence-corrected chi connectivity index (χ2v) is 8.00. The molecule has 0 bridgehead atoms. The number of sulfonamides is 1. The summed E-state index contributed by atoms with van der Waals surface area (Å²) in [6, 6.07) is 12.3. The summed E-state index contributed by atoms with van der Waals surface area (Å²) in [4.78, 5) is 6.92. The fraction of sp³-hybridized carbons (Fsp3) is 0.294. The molecule has 2 aromatic carbocycles. The van der Waals surface area contributed by atoms with Gasteiger partial charge in [0, 0.05) is 14.1 Å². The zero-order valence-corrected chi connectivity index (χ0v) is 15.6. The number of benzene rings is 2. The topological polar surface area (TPSA) is 86.5 Å². The molecule has 26 heavy (non-hydrogen) atoms. The van der Waals surface area contributed by atoms with E-state index in [1.165, 1.54) is 31.1 Å². The van der Waals surface area contributed by atoms with Gasteiger partial charge < -0.3 is 9.57 Å². The molecule has 0 aliphatic heterocycles. The number of aryl methyl sites for hydroxylation is 1. The van der Waals surface area contributed by atoms with Crippen molar-refractivity contribution in [2.45, 2.75) is 11.8 Å². The zero-order valence-electron chi connectivity index (χ0n) is 14.8. The van der Waals surface area contributed by atoms with Crippen LogP contribution in [-0.4, -0.2) is 55.2 Å². The molecule has 0 amide bonds. The van der Waals surface area contributed by atoms with Crippen LogP contribution >= 0.6 is 0 Å². The molecule has 9 heteroatoms. The minimum atomic E-state index is -3.54. The third kappa shape index (κ3) is 3.63. The van der Waals surface area contributed by atoms with Crippen molar-refractivity contribution in [1.29, 1.82) is 0 Å². The lowest BCUT2D eigenvalue weighted by Crippen LogP contribution is -2.22. The lowest BCUT2D eigenvalue weighted by Gasteiger charge is -2.12. The summed E-state index contributed by atoms with van der Waals surface area (Å²) >= 11 is 0. The van der Waals surface area contributed by atoms with Gasteiger partial charge in [-0.3, -0.25) is 0 Å². The summed E-state index contributed by atoms with van der Waals surface area (Å²) in [5, 5.41) is 7.88. The van der Waals surface area contributed by atoms with Crippen LogP contribution in [0.25, 0.3) is 11.0 Å². The van der Waals surface area contributed by atoms with Gasteiger partial charge in [-0.2, -0.15) is 0 Å². The molecular weight excluding hydrogens is 356 g/mol. The molecule has 3 aromatic rings. The first-order chi connectivity index (χ1) is 12.4. The monoisotopic (exact) mass is 376 g/mol. The number of fused-ring (bicyclic) bond motifs is 1. The minimum Gasteiger partial charge on any atom is -0.490 e. The maximum Gasteiger partial charge on any atom is 0.242 e. The van der Waals surface area contributed by atoms with E-state index < -0.39 is 10.0 Å². The summed E-state index contributed by atoms with van der Waals surface area (Å²) in [7, 11) is -0.583. The van der Waals surface area contributed by atoms with Crippen molar-refractivity contribution < 1.29 is 18.0 Å². The number of nitrogens with zero attached hydrogens (tertiary/aromatic N) is 4. The molecule has 8 nitrogen and oxygen atoms in total. The first kappa shape index (κ1) is 18.2. The second kappa shape index (κ2) is 7.30. The van der Waals surface area contributed by atoms with Crippen molar-refractivity contribution in [3.05, 3.63) is 48.0 Å². The van der Waals surface area contributed by atoms with Crippen molar-refractivity contribution in [3.8, 4) is 5.75 Å². The fourth-order valence-electron chi connectivity index (χ4n) is 2.34. The first-order valence-corrected chi connectivity index (χ1v) is 9.43. The van der Waals surface area contributed by atoms with E-state index in [1.54, 1.807) is 6.07 Å². The summed E-state index contributed by atoms with van der Waals surface area (Å²) in [5.74, 6) is 0.791. The summed E-state index contributed by atoms with van der Waals surface area (Å²) < 4.78 is 31.4. The van der Waals surface area contributed by atoms with Crippen molar-refractivity contribution in [1.82, 2.24) is 19.5 Å². The minimum absolute atomic E-state index is 0.151. The molecule has 1 heterocycles. The van der Waals surface area contributed by atoms with E-state index in [-0.39, 0.29) is 11.5 Å². The Morgan fingerprint density at radius 3 is 2.62 bits per heavy atom.